The zero-order chi connectivity index (χ0) is 31.3. The topological polar surface area (TPSA) is 123 Å². The van der Waals surface area contributed by atoms with Gasteiger partial charge in [0.15, 0.2) is 0 Å². The summed E-state index contributed by atoms with van der Waals surface area (Å²) in [5.74, 6) is -1.00. The van der Waals surface area contributed by atoms with Crippen LogP contribution in [0.1, 0.15) is 34.8 Å². The average Bonchev–Trinajstić information content (AvgIpc) is 3.52. The van der Waals surface area contributed by atoms with Crippen LogP contribution >= 0.6 is 0 Å². The molecule has 0 unspecified atom stereocenters. The van der Waals surface area contributed by atoms with Crippen molar-refractivity contribution >= 4 is 22.6 Å². The minimum absolute atomic E-state index is 0.127. The molecule has 4 N–H and O–H groups in total. The van der Waals surface area contributed by atoms with Crippen LogP contribution in [0.3, 0.4) is 0 Å². The summed E-state index contributed by atoms with van der Waals surface area (Å²) in [4.78, 5) is 30.7. The number of carbonyl (C=O) groups is 2. The quantitative estimate of drug-likeness (QED) is 0.182. The lowest BCUT2D eigenvalue weighted by atomic mass is 10.0. The number of nitrogens with zero attached hydrogens (tertiary/aromatic N) is 3. The van der Waals surface area contributed by atoms with Gasteiger partial charge in [0.25, 0.3) is 5.91 Å². The number of amides is 2. The van der Waals surface area contributed by atoms with Crippen molar-refractivity contribution in [2.45, 2.75) is 32.2 Å². The molecular formula is C37H33N5O3. The van der Waals surface area contributed by atoms with Crippen molar-refractivity contribution in [1.29, 1.82) is 0 Å². The Balaban J connectivity index is 1.31. The van der Waals surface area contributed by atoms with Gasteiger partial charge in [0.2, 0.25) is 5.91 Å². The second kappa shape index (κ2) is 13.0. The van der Waals surface area contributed by atoms with Crippen LogP contribution in [0.15, 0.2) is 115 Å². The number of phenols is 1. The molecule has 45 heavy (non-hydrogen) atoms. The van der Waals surface area contributed by atoms with Gasteiger partial charge in [0.05, 0.1) is 23.1 Å². The molecule has 0 radical (unpaired) electrons. The number of aryl methyl sites for hydroxylation is 1. The second-order valence-electron chi connectivity index (χ2n) is 11.0. The molecule has 4 aromatic carbocycles. The molecule has 6 rings (SSSR count). The zero-order valence-electron chi connectivity index (χ0n) is 24.9. The predicted octanol–water partition coefficient (Wildman–Crippen LogP) is 6.24. The summed E-state index contributed by atoms with van der Waals surface area (Å²) in [5.41, 5.74) is 12.3. The molecule has 8 heteroatoms. The molecule has 1 atom stereocenters. The lowest BCUT2D eigenvalue weighted by Gasteiger charge is -2.13. The van der Waals surface area contributed by atoms with Crippen molar-refractivity contribution in [1.82, 2.24) is 20.1 Å². The number of pyridine rings is 1. The van der Waals surface area contributed by atoms with Gasteiger partial charge in [-0.15, -0.1) is 0 Å². The molecule has 224 valence electrons. The fraction of sp³-hybridized carbons (Fsp3) is 0.135. The molecule has 0 saturated carbocycles. The molecule has 0 aliphatic rings. The minimum atomic E-state index is -0.934. The summed E-state index contributed by atoms with van der Waals surface area (Å²) in [6.07, 6.45) is 4.12. The highest BCUT2D eigenvalue weighted by Crippen LogP contribution is 2.30. The van der Waals surface area contributed by atoms with Gasteiger partial charge in [-0.2, -0.15) is 5.10 Å². The summed E-state index contributed by atoms with van der Waals surface area (Å²) >= 11 is 0. The van der Waals surface area contributed by atoms with E-state index >= 15 is 0 Å². The van der Waals surface area contributed by atoms with Gasteiger partial charge in [-0.1, -0.05) is 74.0 Å². The summed E-state index contributed by atoms with van der Waals surface area (Å²) in [6, 6.07) is 32.9. The summed E-state index contributed by atoms with van der Waals surface area (Å²) in [7, 11) is 0. The molecule has 2 amide bonds. The van der Waals surface area contributed by atoms with Gasteiger partial charge in [-0.3, -0.25) is 19.9 Å². The van der Waals surface area contributed by atoms with Crippen LogP contribution in [0.5, 0.6) is 5.75 Å². The largest absolute Gasteiger partial charge is 0.508 e. The first-order valence-electron chi connectivity index (χ1n) is 14.9. The first-order valence-corrected chi connectivity index (χ1v) is 14.9. The van der Waals surface area contributed by atoms with Crippen LogP contribution in [0.4, 0.5) is 0 Å². The van der Waals surface area contributed by atoms with Crippen LogP contribution in [-0.4, -0.2) is 37.7 Å². The molecule has 8 nitrogen and oxygen atoms in total. The number of nitrogens with one attached hydrogen (secondary N) is 1. The highest BCUT2D eigenvalue weighted by Gasteiger charge is 2.20. The van der Waals surface area contributed by atoms with Crippen LogP contribution < -0.4 is 11.1 Å². The molecule has 0 saturated heterocycles. The average molecular weight is 596 g/mol. The number of phenolic OH excluding ortho intramolecular Hbond substituents is 1. The molecule has 0 bridgehead atoms. The number of aromatic hydroxyl groups is 1. The SMILES string of the molecule is CCCc1ccc(-n2nc(-c3cc4ccccc4cn3)cc2-c2cccc(C(=O)NC(=O)[C@@H](N)Cc3ccc(O)cc3)c2)cc1. The number of nitrogens with two attached hydrogens (primary N) is 1. The summed E-state index contributed by atoms with van der Waals surface area (Å²) in [6.45, 7) is 2.16. The number of fused-ring (bicyclic) bond motifs is 1. The van der Waals surface area contributed by atoms with Gasteiger partial charge in [-0.25, -0.2) is 4.68 Å². The van der Waals surface area contributed by atoms with Crippen molar-refractivity contribution in [3.63, 3.8) is 0 Å². The van der Waals surface area contributed by atoms with Crippen molar-refractivity contribution in [2.24, 2.45) is 5.73 Å². The second-order valence-corrected chi connectivity index (χ2v) is 11.0. The monoisotopic (exact) mass is 595 g/mol. The first-order chi connectivity index (χ1) is 21.9. The van der Waals surface area contributed by atoms with E-state index in [2.05, 4.69) is 29.4 Å². The van der Waals surface area contributed by atoms with Gasteiger partial charge < -0.3 is 10.8 Å². The summed E-state index contributed by atoms with van der Waals surface area (Å²) < 4.78 is 1.86. The molecule has 0 aliphatic heterocycles. The maximum atomic E-state index is 13.2. The number of rotatable bonds is 9. The van der Waals surface area contributed by atoms with Crippen molar-refractivity contribution in [3.8, 4) is 34.1 Å². The fourth-order valence-corrected chi connectivity index (χ4v) is 5.30. The van der Waals surface area contributed by atoms with Crippen molar-refractivity contribution in [3.05, 3.63) is 132 Å². The molecule has 0 fully saturated rings. The van der Waals surface area contributed by atoms with Crippen molar-refractivity contribution in [2.75, 3.05) is 0 Å². The Kier molecular flexibility index (Phi) is 8.48. The van der Waals surface area contributed by atoms with Crippen LogP contribution in [0, 0.1) is 0 Å². The molecule has 2 aromatic heterocycles. The highest BCUT2D eigenvalue weighted by molar-refractivity contribution is 6.06. The van der Waals surface area contributed by atoms with E-state index in [-0.39, 0.29) is 12.2 Å². The Labute approximate surface area is 261 Å². The van der Waals surface area contributed by atoms with E-state index in [9.17, 15) is 14.7 Å². The molecule has 0 spiro atoms. The normalized spacial score (nSPS) is 11.8. The molecule has 0 aliphatic carbocycles. The Hall–Kier alpha value is -5.60. The van der Waals surface area contributed by atoms with Crippen molar-refractivity contribution < 1.29 is 14.7 Å². The predicted molar refractivity (Wildman–Crippen MR) is 176 cm³/mol. The van der Waals surface area contributed by atoms with E-state index in [1.54, 1.807) is 30.3 Å². The number of carbonyl (C=O) groups excluding carboxylic acids is 2. The Morgan fingerprint density at radius 3 is 2.33 bits per heavy atom. The Morgan fingerprint density at radius 1 is 0.844 bits per heavy atom. The smallest absolute Gasteiger partial charge is 0.257 e. The fourth-order valence-electron chi connectivity index (χ4n) is 5.30. The highest BCUT2D eigenvalue weighted by atomic mass is 16.3. The number of imide groups is 1. The third kappa shape index (κ3) is 6.66. The maximum Gasteiger partial charge on any atom is 0.257 e. The number of hydrogen-bond donors (Lipinski definition) is 3. The maximum absolute atomic E-state index is 13.2. The van der Waals surface area contributed by atoms with Gasteiger partial charge in [0, 0.05) is 22.7 Å². The van der Waals surface area contributed by atoms with Gasteiger partial charge in [-0.05, 0) is 77.9 Å². The van der Waals surface area contributed by atoms with Crippen LogP contribution in [0.2, 0.25) is 0 Å². The standard InChI is InChI=1S/C37H33N5O3/c1-2-6-24-11-15-30(16-12-24)42-35(22-34(41-42)33-21-26-7-3-4-8-29(26)23-39-33)27-9-5-10-28(20-27)36(44)40-37(45)32(38)19-25-13-17-31(43)18-14-25/h3-5,7-18,20-23,32,43H,2,6,19,38H2,1H3,(H,40,44,45)/t32-/m0/s1. The first kappa shape index (κ1) is 29.5. The van der Waals surface area contributed by atoms with Gasteiger partial charge in [0.1, 0.15) is 11.4 Å². The van der Waals surface area contributed by atoms with Crippen LogP contribution in [-0.2, 0) is 17.6 Å². The van der Waals surface area contributed by atoms with E-state index < -0.39 is 17.9 Å². The third-order valence-electron chi connectivity index (χ3n) is 7.71. The Morgan fingerprint density at radius 2 is 1.58 bits per heavy atom. The van der Waals surface area contributed by atoms with E-state index in [0.717, 1.165) is 51.8 Å². The lowest BCUT2D eigenvalue weighted by molar-refractivity contribution is -0.121. The van der Waals surface area contributed by atoms with E-state index in [0.29, 0.717) is 11.3 Å². The van der Waals surface area contributed by atoms with E-state index in [1.165, 1.54) is 17.7 Å². The van der Waals surface area contributed by atoms with E-state index in [4.69, 9.17) is 10.8 Å². The number of benzene rings is 4. The molecule has 6 aromatic rings. The third-order valence-corrected chi connectivity index (χ3v) is 7.71. The van der Waals surface area contributed by atoms with E-state index in [1.807, 2.05) is 65.5 Å². The van der Waals surface area contributed by atoms with Gasteiger partial charge >= 0.3 is 0 Å². The summed E-state index contributed by atoms with van der Waals surface area (Å²) in [5, 5.41) is 19.0. The number of aromatic nitrogens is 3. The zero-order valence-corrected chi connectivity index (χ0v) is 24.9. The lowest BCUT2D eigenvalue weighted by Crippen LogP contribution is -2.44. The molecule has 2 heterocycles. The Bertz CT molecular complexity index is 1980. The molecular weight excluding hydrogens is 562 g/mol. The number of hydrogen-bond acceptors (Lipinski definition) is 6. The van der Waals surface area contributed by atoms with Crippen LogP contribution in [0.25, 0.3) is 39.1 Å². The minimum Gasteiger partial charge on any atom is -0.508 e.